The Morgan fingerprint density at radius 1 is 1.14 bits per heavy atom. The average molecular weight is 514 g/mol. The Kier molecular flexibility index (Phi) is 5.92. The van der Waals surface area contributed by atoms with Crippen LogP contribution in [0.3, 0.4) is 0 Å². The van der Waals surface area contributed by atoms with Gasteiger partial charge in [-0.05, 0) is 25.1 Å². The van der Waals surface area contributed by atoms with Gasteiger partial charge >= 0.3 is 6.18 Å². The number of hydrogen-bond donors (Lipinski definition) is 2. The molecule has 1 atom stereocenters. The van der Waals surface area contributed by atoms with Gasteiger partial charge in [-0.3, -0.25) is 9.36 Å². The molecule has 3 aromatic rings. The van der Waals surface area contributed by atoms with E-state index in [9.17, 15) is 35.2 Å². The molecule has 3 N–H and O–H groups in total. The lowest BCUT2D eigenvalue weighted by molar-refractivity contribution is -0.147. The van der Waals surface area contributed by atoms with E-state index in [-0.39, 0.29) is 28.1 Å². The van der Waals surface area contributed by atoms with Crippen LogP contribution in [0.4, 0.5) is 22.0 Å². The quantitative estimate of drug-likeness (QED) is 0.466. The molecule has 0 bridgehead atoms. The van der Waals surface area contributed by atoms with E-state index in [1.807, 2.05) is 0 Å². The first-order valence-corrected chi connectivity index (χ1v) is 11.2. The van der Waals surface area contributed by atoms with Crippen molar-refractivity contribution in [2.75, 3.05) is 0 Å². The smallest absolute Gasteiger partial charge is 0.366 e. The number of fused-ring (bicyclic) bond motifs is 1. The van der Waals surface area contributed by atoms with Crippen LogP contribution in [-0.2, 0) is 10.0 Å². The summed E-state index contributed by atoms with van der Waals surface area (Å²) in [6, 6.07) is -1.32. The standard InChI is InChI=1S/C20H15F5N6O3S/c1-9(20(23,24)25)30-35(33,34)12-7-27-18(28-8-12)15-14(17(26)32)13-5-10(16(21)22)6-29-19(13)31(15)11-3-2-4-11/h2-9,16,30H,1H3,(H2,26,32)/t9-/m0/s1. The Morgan fingerprint density at radius 2 is 1.77 bits per heavy atom. The van der Waals surface area contributed by atoms with Gasteiger partial charge in [0.2, 0.25) is 10.0 Å². The number of halogens is 5. The molecule has 1 amide bonds. The number of carbonyl (C=O) groups excluding carboxylic acids is 1. The van der Waals surface area contributed by atoms with Crippen molar-refractivity contribution < 1.29 is 35.2 Å². The number of pyridine rings is 1. The first kappa shape index (κ1) is 24.4. The molecule has 1 aliphatic rings. The van der Waals surface area contributed by atoms with Gasteiger partial charge < -0.3 is 5.73 Å². The summed E-state index contributed by atoms with van der Waals surface area (Å²) in [4.78, 5) is 23.6. The number of rotatable bonds is 7. The molecule has 0 saturated carbocycles. The van der Waals surface area contributed by atoms with Crippen LogP contribution in [-0.4, -0.2) is 46.1 Å². The molecule has 1 aliphatic carbocycles. The minimum absolute atomic E-state index is 0.00698. The molecule has 0 aliphatic heterocycles. The van der Waals surface area contributed by atoms with E-state index in [2.05, 4.69) is 15.0 Å². The summed E-state index contributed by atoms with van der Waals surface area (Å²) in [6.07, 6.45) is -0.353. The highest BCUT2D eigenvalue weighted by atomic mass is 32.2. The van der Waals surface area contributed by atoms with Crippen molar-refractivity contribution in [1.82, 2.24) is 24.2 Å². The lowest BCUT2D eigenvalue weighted by Gasteiger charge is -2.17. The van der Waals surface area contributed by atoms with E-state index in [0.29, 0.717) is 12.6 Å². The zero-order valence-electron chi connectivity index (χ0n) is 17.6. The minimum Gasteiger partial charge on any atom is -0.366 e. The van der Waals surface area contributed by atoms with Gasteiger partial charge in [-0.2, -0.15) is 17.9 Å². The first-order valence-electron chi connectivity index (χ1n) is 9.73. The van der Waals surface area contributed by atoms with Crippen LogP contribution >= 0.6 is 0 Å². The third kappa shape index (κ3) is 4.39. The van der Waals surface area contributed by atoms with Gasteiger partial charge in [0.05, 0.1) is 18.0 Å². The third-order valence-electron chi connectivity index (χ3n) is 5.09. The van der Waals surface area contributed by atoms with E-state index in [0.717, 1.165) is 24.7 Å². The molecule has 184 valence electrons. The number of nitrogens with one attached hydrogen (secondary N) is 1. The van der Waals surface area contributed by atoms with Crippen molar-refractivity contribution in [3.05, 3.63) is 54.0 Å². The first-order chi connectivity index (χ1) is 16.3. The van der Waals surface area contributed by atoms with E-state index in [1.165, 1.54) is 9.29 Å². The number of nitrogens with zero attached hydrogens (tertiary/aromatic N) is 4. The molecule has 3 heterocycles. The molecule has 4 rings (SSSR count). The van der Waals surface area contributed by atoms with E-state index in [4.69, 9.17) is 5.73 Å². The van der Waals surface area contributed by atoms with Gasteiger partial charge in [-0.1, -0.05) is 6.08 Å². The second kappa shape index (κ2) is 8.49. The van der Waals surface area contributed by atoms with Crippen molar-refractivity contribution in [3.63, 3.8) is 0 Å². The van der Waals surface area contributed by atoms with Crippen LogP contribution in [0.15, 0.2) is 47.8 Å². The second-order valence-corrected chi connectivity index (χ2v) is 9.16. The number of alkyl halides is 5. The van der Waals surface area contributed by atoms with Gasteiger partial charge in [-0.15, -0.1) is 0 Å². The monoisotopic (exact) mass is 514 g/mol. The summed E-state index contributed by atoms with van der Waals surface area (Å²) in [5, 5.41) is -0.00698. The summed E-state index contributed by atoms with van der Waals surface area (Å²) in [7, 11) is -4.64. The third-order valence-corrected chi connectivity index (χ3v) is 6.59. The highest BCUT2D eigenvalue weighted by molar-refractivity contribution is 7.89. The van der Waals surface area contributed by atoms with Crippen LogP contribution < -0.4 is 10.5 Å². The predicted octanol–water partition coefficient (Wildman–Crippen LogP) is 3.17. The summed E-state index contributed by atoms with van der Waals surface area (Å²) >= 11 is 0. The largest absolute Gasteiger partial charge is 0.404 e. The van der Waals surface area contributed by atoms with Crippen LogP contribution in [0.1, 0.15) is 29.3 Å². The summed E-state index contributed by atoms with van der Waals surface area (Å²) in [6.45, 7) is 0.630. The van der Waals surface area contributed by atoms with Crippen molar-refractivity contribution in [1.29, 1.82) is 0 Å². The predicted molar refractivity (Wildman–Crippen MR) is 113 cm³/mol. The number of primary amides is 1. The van der Waals surface area contributed by atoms with Crippen molar-refractivity contribution >= 4 is 32.7 Å². The number of nitrogens with two attached hydrogens (primary N) is 1. The molecule has 0 fully saturated rings. The fourth-order valence-corrected chi connectivity index (χ4v) is 4.41. The highest BCUT2D eigenvalue weighted by Gasteiger charge is 2.39. The fourth-order valence-electron chi connectivity index (χ4n) is 3.29. The second-order valence-electron chi connectivity index (χ2n) is 7.44. The van der Waals surface area contributed by atoms with E-state index < -0.39 is 45.0 Å². The number of allylic oxidation sites excluding steroid dienone is 4. The van der Waals surface area contributed by atoms with Crippen molar-refractivity contribution in [2.45, 2.75) is 30.5 Å². The Bertz CT molecular complexity index is 1490. The molecule has 15 heteroatoms. The van der Waals surface area contributed by atoms with Gasteiger partial charge in [0.15, 0.2) is 5.82 Å². The SMILES string of the molecule is C[C@H](NS(=O)(=O)c1cnc(-c2c(C(N)=O)c3cc(C(F)F)cnc3n2C2=CC=C2)nc1)C(F)(F)F. The molecule has 0 unspecified atom stereocenters. The number of aromatic nitrogens is 4. The maximum absolute atomic E-state index is 13.3. The number of sulfonamides is 1. The van der Waals surface area contributed by atoms with Gasteiger partial charge in [0.1, 0.15) is 22.3 Å². The average Bonchev–Trinajstić information content (AvgIpc) is 3.06. The number of carbonyl (C=O) groups is 1. The van der Waals surface area contributed by atoms with E-state index in [1.54, 1.807) is 18.2 Å². The zero-order chi connectivity index (χ0) is 25.7. The molecule has 35 heavy (non-hydrogen) atoms. The van der Waals surface area contributed by atoms with Gasteiger partial charge in [-0.25, -0.2) is 32.2 Å². The Hall–Kier alpha value is -3.72. The maximum atomic E-state index is 13.3. The molecule has 0 saturated heterocycles. The Labute approximate surface area is 194 Å². The Morgan fingerprint density at radius 3 is 2.26 bits per heavy atom. The fraction of sp³-hybridized carbons (Fsp3) is 0.200. The summed E-state index contributed by atoms with van der Waals surface area (Å²) < 4.78 is 92.3. The summed E-state index contributed by atoms with van der Waals surface area (Å²) in [5.41, 5.74) is 5.36. The molecular weight excluding hydrogens is 499 g/mol. The maximum Gasteiger partial charge on any atom is 0.404 e. The number of amides is 1. The van der Waals surface area contributed by atoms with Crippen LogP contribution in [0.5, 0.6) is 0 Å². The van der Waals surface area contributed by atoms with Crippen molar-refractivity contribution in [2.24, 2.45) is 5.73 Å². The number of hydrogen-bond acceptors (Lipinski definition) is 6. The Balaban J connectivity index is 1.87. The van der Waals surface area contributed by atoms with Gasteiger partial charge in [0, 0.05) is 22.8 Å². The minimum atomic E-state index is -4.82. The molecular formula is C20H15F5N6O3S. The molecule has 3 aromatic heterocycles. The normalized spacial score (nSPS) is 14.8. The topological polar surface area (TPSA) is 133 Å². The van der Waals surface area contributed by atoms with Crippen LogP contribution in [0, 0.1) is 0 Å². The summed E-state index contributed by atoms with van der Waals surface area (Å²) in [5.74, 6) is -1.25. The molecule has 0 aromatic carbocycles. The van der Waals surface area contributed by atoms with Gasteiger partial charge in [0.25, 0.3) is 12.3 Å². The lowest BCUT2D eigenvalue weighted by Crippen LogP contribution is -2.43. The molecule has 9 nitrogen and oxygen atoms in total. The van der Waals surface area contributed by atoms with Crippen LogP contribution in [0.25, 0.3) is 28.2 Å². The van der Waals surface area contributed by atoms with E-state index >= 15 is 0 Å². The molecule has 0 spiro atoms. The lowest BCUT2D eigenvalue weighted by atomic mass is 10.1. The highest BCUT2D eigenvalue weighted by Crippen LogP contribution is 2.37. The van der Waals surface area contributed by atoms with Crippen molar-refractivity contribution in [3.8, 4) is 11.5 Å². The molecule has 0 radical (unpaired) electrons. The van der Waals surface area contributed by atoms with Crippen LogP contribution in [0.2, 0.25) is 0 Å². The zero-order valence-corrected chi connectivity index (χ0v) is 18.4.